The molecular weight excluding hydrogens is 256 g/mol. The first-order valence-corrected chi connectivity index (χ1v) is 7.04. The van der Waals surface area contributed by atoms with Crippen molar-refractivity contribution in [3.05, 3.63) is 29.8 Å². The first-order chi connectivity index (χ1) is 9.72. The van der Waals surface area contributed by atoms with Crippen LogP contribution in [0.4, 0.5) is 10.5 Å². The lowest BCUT2D eigenvalue weighted by Crippen LogP contribution is -2.36. The number of para-hydroxylation sites is 1. The number of piperidine rings is 1. The van der Waals surface area contributed by atoms with Gasteiger partial charge in [-0.2, -0.15) is 0 Å². The molecule has 0 radical (unpaired) electrons. The maximum Gasteiger partial charge on any atom is 0.411 e. The van der Waals surface area contributed by atoms with Crippen molar-refractivity contribution in [1.82, 2.24) is 4.90 Å². The van der Waals surface area contributed by atoms with Crippen LogP contribution in [0.3, 0.4) is 0 Å². The third-order valence-corrected chi connectivity index (χ3v) is 3.31. The van der Waals surface area contributed by atoms with E-state index in [2.05, 4.69) is 5.32 Å². The molecule has 1 heterocycles. The van der Waals surface area contributed by atoms with Gasteiger partial charge in [-0.05, 0) is 38.3 Å². The minimum absolute atomic E-state index is 0.0305. The van der Waals surface area contributed by atoms with Crippen LogP contribution in [0.15, 0.2) is 24.3 Å². The van der Waals surface area contributed by atoms with E-state index in [1.165, 1.54) is 6.42 Å². The Morgan fingerprint density at radius 3 is 2.60 bits per heavy atom. The maximum atomic E-state index is 12.5. The zero-order chi connectivity index (χ0) is 14.4. The van der Waals surface area contributed by atoms with Crippen molar-refractivity contribution >= 4 is 17.7 Å². The van der Waals surface area contributed by atoms with Gasteiger partial charge in [-0.25, -0.2) is 4.79 Å². The molecule has 20 heavy (non-hydrogen) atoms. The number of hydrogen-bond donors (Lipinski definition) is 1. The van der Waals surface area contributed by atoms with Crippen LogP contribution in [0, 0.1) is 0 Å². The van der Waals surface area contributed by atoms with Gasteiger partial charge in [0.15, 0.2) is 0 Å². The summed E-state index contributed by atoms with van der Waals surface area (Å²) in [5.41, 5.74) is 1.02. The summed E-state index contributed by atoms with van der Waals surface area (Å²) in [6.07, 6.45) is 2.72. The van der Waals surface area contributed by atoms with Gasteiger partial charge >= 0.3 is 6.09 Å². The zero-order valence-corrected chi connectivity index (χ0v) is 11.7. The third kappa shape index (κ3) is 3.50. The van der Waals surface area contributed by atoms with E-state index in [4.69, 9.17) is 4.74 Å². The normalized spacial score (nSPS) is 14.8. The molecule has 0 aromatic heterocycles. The molecule has 0 atom stereocenters. The third-order valence-electron chi connectivity index (χ3n) is 3.31. The smallest absolute Gasteiger partial charge is 0.411 e. The van der Waals surface area contributed by atoms with Gasteiger partial charge in [0.1, 0.15) is 0 Å². The van der Waals surface area contributed by atoms with E-state index in [1.807, 2.05) is 4.90 Å². The highest BCUT2D eigenvalue weighted by atomic mass is 16.5. The van der Waals surface area contributed by atoms with Crippen molar-refractivity contribution in [3.63, 3.8) is 0 Å². The number of benzene rings is 1. The van der Waals surface area contributed by atoms with Gasteiger partial charge < -0.3 is 9.64 Å². The predicted octanol–water partition coefficient (Wildman–Crippen LogP) is 2.88. The summed E-state index contributed by atoms with van der Waals surface area (Å²) in [5, 5.41) is 2.62. The molecule has 0 saturated carbocycles. The highest BCUT2D eigenvalue weighted by molar-refractivity contribution is 6.02. The number of carbonyl (C=O) groups is 2. The molecule has 1 aromatic carbocycles. The van der Waals surface area contributed by atoms with E-state index in [-0.39, 0.29) is 5.91 Å². The molecule has 1 fully saturated rings. The molecule has 5 heteroatoms. The van der Waals surface area contributed by atoms with Crippen LogP contribution in [0.1, 0.15) is 36.5 Å². The summed E-state index contributed by atoms with van der Waals surface area (Å²) >= 11 is 0. The summed E-state index contributed by atoms with van der Waals surface area (Å²) in [6, 6.07) is 7.04. The average molecular weight is 276 g/mol. The van der Waals surface area contributed by atoms with E-state index < -0.39 is 6.09 Å². The van der Waals surface area contributed by atoms with E-state index >= 15 is 0 Å². The Morgan fingerprint density at radius 1 is 1.20 bits per heavy atom. The Bertz CT molecular complexity index is 482. The maximum absolute atomic E-state index is 12.5. The van der Waals surface area contributed by atoms with Gasteiger partial charge in [0.25, 0.3) is 5.91 Å². The van der Waals surface area contributed by atoms with Crippen LogP contribution >= 0.6 is 0 Å². The molecule has 0 aliphatic carbocycles. The monoisotopic (exact) mass is 276 g/mol. The number of hydrogen-bond acceptors (Lipinski definition) is 3. The number of likely N-dealkylation sites (tertiary alicyclic amines) is 1. The number of nitrogens with one attached hydrogen (secondary N) is 1. The molecule has 1 aromatic rings. The molecule has 1 N–H and O–H groups in total. The largest absolute Gasteiger partial charge is 0.450 e. The molecule has 1 aliphatic heterocycles. The second-order valence-electron chi connectivity index (χ2n) is 4.74. The molecule has 0 spiro atoms. The molecule has 5 nitrogen and oxygen atoms in total. The van der Waals surface area contributed by atoms with Gasteiger partial charge in [-0.15, -0.1) is 0 Å². The van der Waals surface area contributed by atoms with Crippen LogP contribution < -0.4 is 5.32 Å². The second kappa shape index (κ2) is 6.93. The minimum atomic E-state index is -0.536. The van der Waals surface area contributed by atoms with Crippen LogP contribution in [-0.2, 0) is 4.74 Å². The average Bonchev–Trinajstić information content (AvgIpc) is 2.48. The van der Waals surface area contributed by atoms with Crippen molar-refractivity contribution in [2.45, 2.75) is 26.2 Å². The summed E-state index contributed by atoms with van der Waals surface area (Å²) in [4.78, 5) is 25.8. The molecule has 108 valence electrons. The fourth-order valence-corrected chi connectivity index (χ4v) is 2.32. The van der Waals surface area contributed by atoms with Crippen molar-refractivity contribution in [2.24, 2.45) is 0 Å². The van der Waals surface area contributed by atoms with Crippen molar-refractivity contribution in [3.8, 4) is 0 Å². The molecule has 0 unspecified atom stereocenters. The summed E-state index contributed by atoms with van der Waals surface area (Å²) in [7, 11) is 0. The molecule has 0 bridgehead atoms. The summed E-state index contributed by atoms with van der Waals surface area (Å²) < 4.78 is 4.85. The highest BCUT2D eigenvalue weighted by Gasteiger charge is 2.21. The lowest BCUT2D eigenvalue weighted by Gasteiger charge is -2.27. The van der Waals surface area contributed by atoms with Crippen molar-refractivity contribution in [2.75, 3.05) is 25.0 Å². The van der Waals surface area contributed by atoms with Crippen LogP contribution in [0.2, 0.25) is 0 Å². The molecule has 1 saturated heterocycles. The quantitative estimate of drug-likeness (QED) is 0.923. The Morgan fingerprint density at radius 2 is 1.90 bits per heavy atom. The molecular formula is C15H20N2O3. The van der Waals surface area contributed by atoms with Gasteiger partial charge in [0, 0.05) is 13.1 Å². The lowest BCUT2D eigenvalue weighted by molar-refractivity contribution is 0.0725. The first-order valence-electron chi connectivity index (χ1n) is 7.04. The van der Waals surface area contributed by atoms with Gasteiger partial charge in [-0.1, -0.05) is 12.1 Å². The number of nitrogens with zero attached hydrogens (tertiary/aromatic N) is 1. The Balaban J connectivity index is 2.14. The van der Waals surface area contributed by atoms with E-state index in [1.54, 1.807) is 31.2 Å². The fourth-order valence-electron chi connectivity index (χ4n) is 2.32. The minimum Gasteiger partial charge on any atom is -0.450 e. The van der Waals surface area contributed by atoms with Crippen LogP contribution in [0.5, 0.6) is 0 Å². The predicted molar refractivity (Wildman–Crippen MR) is 76.8 cm³/mol. The first kappa shape index (κ1) is 14.4. The summed E-state index contributed by atoms with van der Waals surface area (Å²) in [5.74, 6) is -0.0305. The van der Waals surface area contributed by atoms with Crippen LogP contribution in [0.25, 0.3) is 0 Å². The highest BCUT2D eigenvalue weighted by Crippen LogP contribution is 2.20. The number of carbonyl (C=O) groups excluding carboxylic acids is 2. The van der Waals surface area contributed by atoms with Crippen molar-refractivity contribution in [1.29, 1.82) is 0 Å². The van der Waals surface area contributed by atoms with E-state index in [0.29, 0.717) is 17.9 Å². The zero-order valence-electron chi connectivity index (χ0n) is 11.7. The van der Waals surface area contributed by atoms with Crippen molar-refractivity contribution < 1.29 is 14.3 Å². The number of rotatable bonds is 3. The second-order valence-corrected chi connectivity index (χ2v) is 4.74. The molecule has 2 amide bonds. The summed E-state index contributed by atoms with van der Waals surface area (Å²) in [6.45, 7) is 3.61. The topological polar surface area (TPSA) is 58.6 Å². The number of amides is 2. The van der Waals surface area contributed by atoms with E-state index in [0.717, 1.165) is 25.9 Å². The van der Waals surface area contributed by atoms with Gasteiger partial charge in [0.05, 0.1) is 17.9 Å². The standard InChI is InChI=1S/C15H20N2O3/c1-2-20-15(19)16-13-9-5-4-8-12(13)14(18)17-10-6-3-7-11-17/h4-5,8-9H,2-3,6-7,10-11H2,1H3,(H,16,19). The van der Waals surface area contributed by atoms with Gasteiger partial charge in [-0.3, -0.25) is 10.1 Å². The van der Waals surface area contributed by atoms with Gasteiger partial charge in [0.2, 0.25) is 0 Å². The van der Waals surface area contributed by atoms with Crippen LogP contribution in [-0.4, -0.2) is 36.6 Å². The SMILES string of the molecule is CCOC(=O)Nc1ccccc1C(=O)N1CCCCC1. The Kier molecular flexibility index (Phi) is 4.98. The lowest BCUT2D eigenvalue weighted by atomic mass is 10.1. The Labute approximate surface area is 118 Å². The molecule has 1 aliphatic rings. The van der Waals surface area contributed by atoms with E-state index in [9.17, 15) is 9.59 Å². The fraction of sp³-hybridized carbons (Fsp3) is 0.467. The Hall–Kier alpha value is -2.04. The number of ether oxygens (including phenoxy) is 1. The molecule has 2 rings (SSSR count). The number of anilines is 1.